The number of nitrogens with one attached hydrogen (secondary N) is 2. The molecule has 136 valence electrons. The van der Waals surface area contributed by atoms with Crippen LogP contribution in [0.5, 0.6) is 0 Å². The average Bonchev–Trinajstić information content (AvgIpc) is 2.86. The third-order valence-corrected chi connectivity index (χ3v) is 3.99. The number of hydrogen-bond acceptors (Lipinski definition) is 4. The van der Waals surface area contributed by atoms with Crippen molar-refractivity contribution in [3.8, 4) is 0 Å². The molecule has 0 aliphatic carbocycles. The summed E-state index contributed by atoms with van der Waals surface area (Å²) in [7, 11) is 1.92. The Morgan fingerprint density at radius 2 is 1.96 bits per heavy atom. The number of aliphatic hydroxyl groups is 1. The SMILES string of the molecule is C=CCNC(=NCc1nnc(C)n1C)NCC(O)(CCC)CCC. The largest absolute Gasteiger partial charge is 0.388 e. The minimum absolute atomic E-state index is 0.420. The summed E-state index contributed by atoms with van der Waals surface area (Å²) in [4.78, 5) is 4.54. The highest BCUT2D eigenvalue weighted by atomic mass is 16.3. The molecule has 3 N–H and O–H groups in total. The second-order valence-electron chi connectivity index (χ2n) is 6.13. The second kappa shape index (κ2) is 10.1. The van der Waals surface area contributed by atoms with Crippen molar-refractivity contribution >= 4 is 5.96 Å². The zero-order valence-electron chi connectivity index (χ0n) is 15.5. The Kier molecular flexibility index (Phi) is 8.46. The van der Waals surface area contributed by atoms with E-state index in [-0.39, 0.29) is 0 Å². The molecule has 0 atom stereocenters. The van der Waals surface area contributed by atoms with Crippen molar-refractivity contribution in [1.29, 1.82) is 0 Å². The lowest BCUT2D eigenvalue weighted by molar-refractivity contribution is 0.0257. The van der Waals surface area contributed by atoms with Crippen LogP contribution in [0.3, 0.4) is 0 Å². The molecule has 1 aromatic heterocycles. The fourth-order valence-corrected chi connectivity index (χ4v) is 2.56. The van der Waals surface area contributed by atoms with Gasteiger partial charge in [0.2, 0.25) is 0 Å². The van der Waals surface area contributed by atoms with E-state index in [0.29, 0.717) is 25.6 Å². The van der Waals surface area contributed by atoms with Crippen LogP contribution in [0, 0.1) is 6.92 Å². The van der Waals surface area contributed by atoms with E-state index in [1.54, 1.807) is 6.08 Å². The Morgan fingerprint density at radius 1 is 1.29 bits per heavy atom. The molecule has 0 saturated heterocycles. The Bertz CT molecular complexity index is 531. The van der Waals surface area contributed by atoms with E-state index in [1.165, 1.54) is 0 Å². The molecule has 0 fully saturated rings. The first-order chi connectivity index (χ1) is 11.5. The Morgan fingerprint density at radius 3 is 2.46 bits per heavy atom. The van der Waals surface area contributed by atoms with Gasteiger partial charge < -0.3 is 20.3 Å². The van der Waals surface area contributed by atoms with Gasteiger partial charge in [0.25, 0.3) is 0 Å². The molecule has 0 unspecified atom stereocenters. The molecule has 0 radical (unpaired) electrons. The summed E-state index contributed by atoms with van der Waals surface area (Å²) >= 11 is 0. The van der Waals surface area contributed by atoms with Gasteiger partial charge in [0.15, 0.2) is 11.8 Å². The van der Waals surface area contributed by atoms with Crippen molar-refractivity contribution < 1.29 is 5.11 Å². The van der Waals surface area contributed by atoms with Gasteiger partial charge in [0.1, 0.15) is 12.4 Å². The van der Waals surface area contributed by atoms with Gasteiger partial charge in [-0.3, -0.25) is 0 Å². The van der Waals surface area contributed by atoms with Gasteiger partial charge in [-0.1, -0.05) is 32.8 Å². The predicted molar refractivity (Wildman–Crippen MR) is 97.8 cm³/mol. The lowest BCUT2D eigenvalue weighted by Gasteiger charge is -2.28. The fourth-order valence-electron chi connectivity index (χ4n) is 2.56. The maximum atomic E-state index is 10.7. The molecule has 7 heteroatoms. The molecule has 0 aliphatic heterocycles. The zero-order valence-corrected chi connectivity index (χ0v) is 15.5. The average molecular weight is 336 g/mol. The molecule has 0 amide bonds. The van der Waals surface area contributed by atoms with E-state index in [9.17, 15) is 5.11 Å². The molecule has 0 bridgehead atoms. The lowest BCUT2D eigenvalue weighted by atomic mass is 9.93. The number of rotatable bonds is 10. The minimum Gasteiger partial charge on any atom is -0.388 e. The normalized spacial score (nSPS) is 12.3. The molecule has 1 heterocycles. The van der Waals surface area contributed by atoms with Crippen LogP contribution in [0.2, 0.25) is 0 Å². The first-order valence-electron chi connectivity index (χ1n) is 8.66. The van der Waals surface area contributed by atoms with Gasteiger partial charge in [-0.25, -0.2) is 4.99 Å². The van der Waals surface area contributed by atoms with Crippen LogP contribution in [0.15, 0.2) is 17.6 Å². The lowest BCUT2D eigenvalue weighted by Crippen LogP contribution is -2.47. The summed E-state index contributed by atoms with van der Waals surface area (Å²) in [5, 5.41) is 25.3. The third-order valence-electron chi connectivity index (χ3n) is 3.99. The number of aryl methyl sites for hydroxylation is 1. The van der Waals surface area contributed by atoms with E-state index >= 15 is 0 Å². The second-order valence-corrected chi connectivity index (χ2v) is 6.13. The van der Waals surface area contributed by atoms with Crippen molar-refractivity contribution in [1.82, 2.24) is 25.4 Å². The van der Waals surface area contributed by atoms with Crippen LogP contribution >= 0.6 is 0 Å². The van der Waals surface area contributed by atoms with E-state index in [4.69, 9.17) is 0 Å². The standard InChI is InChI=1S/C17H32N6O/c1-6-9-17(24,10-7-2)13-20-16(18-11-8-3)19-12-15-22-21-14(4)23(15)5/h8,24H,3,6-7,9-13H2,1-2,4-5H3,(H2,18,19,20). The third kappa shape index (κ3) is 6.31. The van der Waals surface area contributed by atoms with Gasteiger partial charge in [-0.05, 0) is 19.8 Å². The van der Waals surface area contributed by atoms with Crippen molar-refractivity contribution in [2.45, 2.75) is 58.6 Å². The fraction of sp³-hybridized carbons (Fsp3) is 0.706. The molecule has 7 nitrogen and oxygen atoms in total. The summed E-state index contributed by atoms with van der Waals surface area (Å²) in [6.07, 6.45) is 5.20. The maximum absolute atomic E-state index is 10.7. The van der Waals surface area contributed by atoms with Gasteiger partial charge in [-0.15, -0.1) is 16.8 Å². The molecule has 1 rings (SSSR count). The smallest absolute Gasteiger partial charge is 0.192 e. The van der Waals surface area contributed by atoms with Crippen LogP contribution in [0.25, 0.3) is 0 Å². The highest BCUT2D eigenvalue weighted by molar-refractivity contribution is 5.79. The van der Waals surface area contributed by atoms with E-state index in [1.807, 2.05) is 18.5 Å². The van der Waals surface area contributed by atoms with Crippen molar-refractivity contribution in [2.24, 2.45) is 12.0 Å². The molecule has 1 aromatic rings. The molecule has 0 saturated carbocycles. The first kappa shape index (κ1) is 20.2. The number of aliphatic imine (C=N–C) groups is 1. The maximum Gasteiger partial charge on any atom is 0.192 e. The summed E-state index contributed by atoms with van der Waals surface area (Å²) < 4.78 is 1.92. The molecular weight excluding hydrogens is 304 g/mol. The Hall–Kier alpha value is -1.89. The molecule has 0 aromatic carbocycles. The summed E-state index contributed by atoms with van der Waals surface area (Å²) in [5.74, 6) is 2.29. The number of guanidine groups is 1. The van der Waals surface area contributed by atoms with Crippen molar-refractivity contribution in [3.05, 3.63) is 24.3 Å². The summed E-state index contributed by atoms with van der Waals surface area (Å²) in [6.45, 7) is 11.3. The van der Waals surface area contributed by atoms with Crippen molar-refractivity contribution in [2.75, 3.05) is 13.1 Å². The molecule has 24 heavy (non-hydrogen) atoms. The summed E-state index contributed by atoms with van der Waals surface area (Å²) in [5.41, 5.74) is -0.707. The van der Waals surface area contributed by atoms with Crippen LogP contribution in [-0.4, -0.2) is 44.5 Å². The monoisotopic (exact) mass is 336 g/mol. The van der Waals surface area contributed by atoms with Gasteiger partial charge in [0, 0.05) is 20.1 Å². The Balaban J connectivity index is 2.74. The van der Waals surface area contributed by atoms with Crippen LogP contribution < -0.4 is 10.6 Å². The first-order valence-corrected chi connectivity index (χ1v) is 8.66. The number of aromatic nitrogens is 3. The minimum atomic E-state index is -0.707. The molecule has 0 spiro atoms. The zero-order chi connectivity index (χ0) is 18.0. The highest BCUT2D eigenvalue weighted by Crippen LogP contribution is 2.18. The van der Waals surface area contributed by atoms with E-state index < -0.39 is 5.60 Å². The van der Waals surface area contributed by atoms with Gasteiger partial charge in [0.05, 0.1) is 5.60 Å². The van der Waals surface area contributed by atoms with Crippen LogP contribution in [-0.2, 0) is 13.6 Å². The van der Waals surface area contributed by atoms with Gasteiger partial charge in [-0.2, -0.15) is 0 Å². The quantitative estimate of drug-likeness (QED) is 0.344. The topological polar surface area (TPSA) is 87.4 Å². The van der Waals surface area contributed by atoms with Crippen LogP contribution in [0.4, 0.5) is 0 Å². The van der Waals surface area contributed by atoms with Gasteiger partial charge >= 0.3 is 0 Å². The highest BCUT2D eigenvalue weighted by Gasteiger charge is 2.24. The predicted octanol–water partition coefficient (Wildman–Crippen LogP) is 1.68. The molecular formula is C17H32N6O. The van der Waals surface area contributed by atoms with Crippen molar-refractivity contribution in [3.63, 3.8) is 0 Å². The van der Waals surface area contributed by atoms with E-state index in [2.05, 4.69) is 46.2 Å². The molecule has 0 aliphatic rings. The number of hydrogen-bond donors (Lipinski definition) is 3. The van der Waals surface area contributed by atoms with Crippen LogP contribution in [0.1, 0.15) is 51.2 Å². The Labute approximate surface area is 145 Å². The van der Waals surface area contributed by atoms with E-state index in [0.717, 1.165) is 37.3 Å². The number of nitrogens with zero attached hydrogens (tertiary/aromatic N) is 4. The summed E-state index contributed by atoms with van der Waals surface area (Å²) in [6, 6.07) is 0.